The Morgan fingerprint density at radius 1 is 1.69 bits per heavy atom. The van der Waals surface area contributed by atoms with E-state index >= 15 is 0 Å². The maximum Gasteiger partial charge on any atom is 0.0943 e. The highest BCUT2D eigenvalue weighted by Gasteiger charge is 2.20. The maximum absolute atomic E-state index is 5.88. The first-order valence-corrected chi connectivity index (χ1v) is 5.33. The Hall–Kier alpha value is 0.240. The molecule has 0 amide bonds. The standard InChI is InChI=1S/C9H9BrCl2O/c1-2-3-13-9-5-8(12)7(11)4-6(9)10/h2,4,9H,1,3,5H2. The van der Waals surface area contributed by atoms with Crippen LogP contribution in [0.3, 0.4) is 0 Å². The number of ether oxygens (including phenoxy) is 1. The molecule has 0 spiro atoms. The van der Waals surface area contributed by atoms with E-state index in [-0.39, 0.29) is 6.10 Å². The predicted octanol–water partition coefficient (Wildman–Crippen LogP) is 3.93. The summed E-state index contributed by atoms with van der Waals surface area (Å²) in [6.45, 7) is 4.08. The minimum atomic E-state index is -0.0343. The van der Waals surface area contributed by atoms with Crippen molar-refractivity contribution in [2.24, 2.45) is 0 Å². The zero-order valence-electron chi connectivity index (χ0n) is 6.90. The van der Waals surface area contributed by atoms with Gasteiger partial charge in [-0.25, -0.2) is 0 Å². The van der Waals surface area contributed by atoms with Crippen LogP contribution in [0.25, 0.3) is 0 Å². The molecule has 0 fully saturated rings. The Kier molecular flexibility index (Phi) is 4.53. The average molecular weight is 284 g/mol. The highest BCUT2D eigenvalue weighted by atomic mass is 79.9. The molecule has 13 heavy (non-hydrogen) atoms. The summed E-state index contributed by atoms with van der Waals surface area (Å²) in [5.41, 5.74) is 0. The zero-order valence-corrected chi connectivity index (χ0v) is 9.99. The van der Waals surface area contributed by atoms with Gasteiger partial charge in [-0.2, -0.15) is 0 Å². The molecular weight excluding hydrogens is 275 g/mol. The topological polar surface area (TPSA) is 9.23 Å². The first-order valence-electron chi connectivity index (χ1n) is 3.79. The van der Waals surface area contributed by atoms with Crippen molar-refractivity contribution in [3.05, 3.63) is 33.3 Å². The lowest BCUT2D eigenvalue weighted by molar-refractivity contribution is 0.108. The van der Waals surface area contributed by atoms with Crippen molar-refractivity contribution in [2.75, 3.05) is 6.61 Å². The van der Waals surface area contributed by atoms with Crippen molar-refractivity contribution in [3.8, 4) is 0 Å². The van der Waals surface area contributed by atoms with Gasteiger partial charge in [0.25, 0.3) is 0 Å². The molecule has 72 valence electrons. The second-order valence-corrected chi connectivity index (χ2v) is 4.38. The maximum atomic E-state index is 5.88. The van der Waals surface area contributed by atoms with Gasteiger partial charge < -0.3 is 4.74 Å². The summed E-state index contributed by atoms with van der Waals surface area (Å²) >= 11 is 15.1. The number of hydrogen-bond acceptors (Lipinski definition) is 1. The number of allylic oxidation sites excluding steroid dienone is 2. The Labute approximate surface area is 96.2 Å². The SMILES string of the molecule is C=CCOC1CC(Cl)=C(Cl)C=C1Br. The molecular formula is C9H9BrCl2O. The van der Waals surface area contributed by atoms with Gasteiger partial charge in [0.05, 0.1) is 17.7 Å². The molecule has 0 saturated heterocycles. The largest absolute Gasteiger partial charge is 0.369 e. The van der Waals surface area contributed by atoms with Crippen molar-refractivity contribution in [3.63, 3.8) is 0 Å². The van der Waals surface area contributed by atoms with E-state index in [0.29, 0.717) is 23.1 Å². The summed E-state index contributed by atoms with van der Waals surface area (Å²) in [6.07, 6.45) is 4.05. The Morgan fingerprint density at radius 2 is 2.38 bits per heavy atom. The summed E-state index contributed by atoms with van der Waals surface area (Å²) in [5, 5.41) is 1.21. The van der Waals surface area contributed by atoms with Crippen LogP contribution in [0.15, 0.2) is 33.3 Å². The molecule has 0 aromatic carbocycles. The van der Waals surface area contributed by atoms with Crippen molar-refractivity contribution in [2.45, 2.75) is 12.5 Å². The molecule has 0 saturated carbocycles. The van der Waals surface area contributed by atoms with Crippen molar-refractivity contribution >= 4 is 39.1 Å². The molecule has 0 radical (unpaired) electrons. The molecule has 0 aliphatic heterocycles. The first kappa shape index (κ1) is 11.3. The monoisotopic (exact) mass is 282 g/mol. The summed E-state index contributed by atoms with van der Waals surface area (Å²) < 4.78 is 6.37. The molecule has 1 rings (SSSR count). The first-order chi connectivity index (χ1) is 6.15. The lowest BCUT2D eigenvalue weighted by atomic mass is 10.1. The van der Waals surface area contributed by atoms with E-state index in [1.807, 2.05) is 0 Å². The normalized spacial score (nSPS) is 23.0. The van der Waals surface area contributed by atoms with E-state index in [0.717, 1.165) is 4.48 Å². The number of hydrogen-bond donors (Lipinski definition) is 0. The predicted molar refractivity (Wildman–Crippen MR) is 60.3 cm³/mol. The van der Waals surface area contributed by atoms with Gasteiger partial charge in [-0.3, -0.25) is 0 Å². The molecule has 0 bridgehead atoms. The number of rotatable bonds is 3. The number of halogens is 3. The fraction of sp³-hybridized carbons (Fsp3) is 0.333. The van der Waals surface area contributed by atoms with Gasteiger partial charge in [-0.1, -0.05) is 45.2 Å². The molecule has 0 N–H and O–H groups in total. The second kappa shape index (κ2) is 5.20. The van der Waals surface area contributed by atoms with E-state index < -0.39 is 0 Å². The molecule has 1 aliphatic rings. The highest BCUT2D eigenvalue weighted by molar-refractivity contribution is 9.11. The van der Waals surface area contributed by atoms with Gasteiger partial charge >= 0.3 is 0 Å². The average Bonchev–Trinajstić information content (AvgIpc) is 2.09. The summed E-state index contributed by atoms with van der Waals surface area (Å²) in [7, 11) is 0. The Bertz CT molecular complexity index is 271. The minimum absolute atomic E-state index is 0.0343. The Morgan fingerprint density at radius 3 is 3.00 bits per heavy atom. The molecule has 4 heteroatoms. The van der Waals surface area contributed by atoms with Gasteiger partial charge in [0.15, 0.2) is 0 Å². The molecule has 1 atom stereocenters. The van der Waals surface area contributed by atoms with Crippen LogP contribution in [0.1, 0.15) is 6.42 Å². The Balaban J connectivity index is 2.63. The fourth-order valence-corrected chi connectivity index (χ4v) is 2.02. The van der Waals surface area contributed by atoms with Crippen LogP contribution < -0.4 is 0 Å². The van der Waals surface area contributed by atoms with Gasteiger partial charge in [-0.05, 0) is 6.08 Å². The van der Waals surface area contributed by atoms with Crippen LogP contribution in [0, 0.1) is 0 Å². The third-order valence-electron chi connectivity index (χ3n) is 1.61. The molecule has 0 aromatic rings. The minimum Gasteiger partial charge on any atom is -0.369 e. The van der Waals surface area contributed by atoms with Gasteiger partial charge in [-0.15, -0.1) is 6.58 Å². The summed E-state index contributed by atoms with van der Waals surface area (Å²) in [5.74, 6) is 0. The summed E-state index contributed by atoms with van der Waals surface area (Å²) in [6, 6.07) is 0. The lowest BCUT2D eigenvalue weighted by Gasteiger charge is -2.20. The molecule has 0 aromatic heterocycles. The van der Waals surface area contributed by atoms with Crippen LogP contribution in [-0.4, -0.2) is 12.7 Å². The third-order valence-corrected chi connectivity index (χ3v) is 3.14. The van der Waals surface area contributed by atoms with E-state index in [1.54, 1.807) is 12.2 Å². The second-order valence-electron chi connectivity index (χ2n) is 2.60. The highest BCUT2D eigenvalue weighted by Crippen LogP contribution is 2.33. The third kappa shape index (κ3) is 3.13. The van der Waals surface area contributed by atoms with E-state index in [2.05, 4.69) is 22.5 Å². The zero-order chi connectivity index (χ0) is 9.84. The molecule has 1 aliphatic carbocycles. The molecule has 1 nitrogen and oxygen atoms in total. The van der Waals surface area contributed by atoms with Crippen LogP contribution in [0.4, 0.5) is 0 Å². The van der Waals surface area contributed by atoms with Crippen molar-refractivity contribution in [1.29, 1.82) is 0 Å². The van der Waals surface area contributed by atoms with Gasteiger partial charge in [0.2, 0.25) is 0 Å². The molecule has 1 unspecified atom stereocenters. The smallest absolute Gasteiger partial charge is 0.0943 e. The van der Waals surface area contributed by atoms with Gasteiger partial charge in [0.1, 0.15) is 0 Å². The van der Waals surface area contributed by atoms with Crippen LogP contribution in [0.2, 0.25) is 0 Å². The van der Waals surface area contributed by atoms with E-state index in [1.165, 1.54) is 0 Å². The van der Waals surface area contributed by atoms with E-state index in [9.17, 15) is 0 Å². The molecule has 0 heterocycles. The summed E-state index contributed by atoms with van der Waals surface area (Å²) in [4.78, 5) is 0. The van der Waals surface area contributed by atoms with E-state index in [4.69, 9.17) is 27.9 Å². The van der Waals surface area contributed by atoms with Crippen LogP contribution in [0.5, 0.6) is 0 Å². The quantitative estimate of drug-likeness (QED) is 0.713. The lowest BCUT2D eigenvalue weighted by Crippen LogP contribution is -2.16. The van der Waals surface area contributed by atoms with Crippen molar-refractivity contribution < 1.29 is 4.74 Å². The van der Waals surface area contributed by atoms with Crippen molar-refractivity contribution in [1.82, 2.24) is 0 Å². The fourth-order valence-electron chi connectivity index (χ4n) is 0.973. The van der Waals surface area contributed by atoms with Gasteiger partial charge in [0, 0.05) is 15.9 Å². The van der Waals surface area contributed by atoms with Crippen LogP contribution >= 0.6 is 39.1 Å². The van der Waals surface area contributed by atoms with Crippen LogP contribution in [-0.2, 0) is 4.74 Å².